The molecule has 0 aliphatic heterocycles. The molecule has 1 aromatic rings. The van der Waals surface area contributed by atoms with E-state index in [1.165, 1.54) is 7.11 Å². The molecule has 0 N–H and O–H groups in total. The van der Waals surface area contributed by atoms with Crippen LogP contribution in [0, 0.1) is 11.2 Å². The van der Waals surface area contributed by atoms with E-state index >= 15 is 0 Å². The third-order valence-electron chi connectivity index (χ3n) is 2.29. The lowest BCUT2D eigenvalue weighted by atomic mass is 9.87. The highest BCUT2D eigenvalue weighted by Crippen LogP contribution is 2.28. The van der Waals surface area contributed by atoms with Crippen LogP contribution in [0.25, 0.3) is 0 Å². The largest absolute Gasteiger partial charge is 0.494 e. The van der Waals surface area contributed by atoms with Gasteiger partial charge in [-0.2, -0.15) is 0 Å². The van der Waals surface area contributed by atoms with Crippen molar-refractivity contribution in [2.75, 3.05) is 13.0 Å². The number of rotatable bonds is 4. The van der Waals surface area contributed by atoms with Crippen LogP contribution in [0.3, 0.4) is 0 Å². The van der Waals surface area contributed by atoms with Crippen LogP contribution in [0.4, 0.5) is 4.39 Å². The Hall–Kier alpha value is -0.760. The minimum absolute atomic E-state index is 0.102. The van der Waals surface area contributed by atoms with E-state index in [0.29, 0.717) is 17.9 Å². The lowest BCUT2D eigenvalue weighted by molar-refractivity contribution is 0.372. The zero-order chi connectivity index (χ0) is 11.5. The molecular formula is C12H16ClFO. The van der Waals surface area contributed by atoms with Crippen LogP contribution < -0.4 is 4.74 Å². The first kappa shape index (κ1) is 12.3. The van der Waals surface area contributed by atoms with Gasteiger partial charge in [0.1, 0.15) is 0 Å². The van der Waals surface area contributed by atoms with E-state index in [-0.39, 0.29) is 17.0 Å². The molecule has 0 saturated heterocycles. The SMILES string of the molecule is COc1cccc(CC(C)(C)CCl)c1F. The summed E-state index contributed by atoms with van der Waals surface area (Å²) in [5.41, 5.74) is 0.550. The van der Waals surface area contributed by atoms with Crippen molar-refractivity contribution in [2.45, 2.75) is 20.3 Å². The Morgan fingerprint density at radius 2 is 2.07 bits per heavy atom. The van der Waals surface area contributed by atoms with Crippen molar-refractivity contribution >= 4 is 11.6 Å². The molecule has 84 valence electrons. The molecule has 0 aliphatic carbocycles. The zero-order valence-electron chi connectivity index (χ0n) is 9.31. The molecule has 0 atom stereocenters. The second-order valence-corrected chi connectivity index (χ2v) is 4.68. The minimum atomic E-state index is -0.279. The van der Waals surface area contributed by atoms with Crippen molar-refractivity contribution in [2.24, 2.45) is 5.41 Å². The number of ether oxygens (including phenoxy) is 1. The minimum Gasteiger partial charge on any atom is -0.494 e. The van der Waals surface area contributed by atoms with E-state index in [0.717, 1.165) is 0 Å². The fourth-order valence-corrected chi connectivity index (χ4v) is 1.51. The number of methoxy groups -OCH3 is 1. The monoisotopic (exact) mass is 230 g/mol. The van der Waals surface area contributed by atoms with E-state index in [1.54, 1.807) is 18.2 Å². The van der Waals surface area contributed by atoms with E-state index in [1.807, 2.05) is 13.8 Å². The first-order valence-corrected chi connectivity index (χ1v) is 5.41. The predicted octanol–water partition coefficient (Wildman–Crippen LogP) is 3.64. The van der Waals surface area contributed by atoms with Gasteiger partial charge in [-0.1, -0.05) is 26.0 Å². The van der Waals surface area contributed by atoms with Gasteiger partial charge in [0.05, 0.1) is 7.11 Å². The van der Waals surface area contributed by atoms with Crippen molar-refractivity contribution in [3.05, 3.63) is 29.6 Å². The maximum Gasteiger partial charge on any atom is 0.168 e. The Labute approximate surface area is 95.2 Å². The average Bonchev–Trinajstić information content (AvgIpc) is 2.21. The molecule has 0 bridgehead atoms. The molecule has 0 amide bonds. The fraction of sp³-hybridized carbons (Fsp3) is 0.500. The van der Waals surface area contributed by atoms with Gasteiger partial charge < -0.3 is 4.74 Å². The van der Waals surface area contributed by atoms with Gasteiger partial charge in [0, 0.05) is 5.88 Å². The third-order valence-corrected chi connectivity index (χ3v) is 3.02. The van der Waals surface area contributed by atoms with Gasteiger partial charge in [0.25, 0.3) is 0 Å². The van der Waals surface area contributed by atoms with Crippen LogP contribution in [0.1, 0.15) is 19.4 Å². The Kier molecular flexibility index (Phi) is 3.97. The van der Waals surface area contributed by atoms with Crippen molar-refractivity contribution < 1.29 is 9.13 Å². The number of benzene rings is 1. The predicted molar refractivity (Wildman–Crippen MR) is 61.2 cm³/mol. The van der Waals surface area contributed by atoms with Gasteiger partial charge in [-0.25, -0.2) is 4.39 Å². The van der Waals surface area contributed by atoms with Crippen LogP contribution >= 0.6 is 11.6 Å². The summed E-state index contributed by atoms with van der Waals surface area (Å²) in [6.45, 7) is 4.03. The summed E-state index contributed by atoms with van der Waals surface area (Å²) in [6.07, 6.45) is 0.611. The van der Waals surface area contributed by atoms with Crippen LogP contribution in [0.15, 0.2) is 18.2 Å². The Bertz CT molecular complexity index is 336. The molecular weight excluding hydrogens is 215 g/mol. The van der Waals surface area contributed by atoms with Gasteiger partial charge in [-0.15, -0.1) is 11.6 Å². The van der Waals surface area contributed by atoms with E-state index in [9.17, 15) is 4.39 Å². The third kappa shape index (κ3) is 3.10. The Morgan fingerprint density at radius 1 is 1.40 bits per heavy atom. The molecule has 15 heavy (non-hydrogen) atoms. The second-order valence-electron chi connectivity index (χ2n) is 4.41. The summed E-state index contributed by atoms with van der Waals surface area (Å²) in [4.78, 5) is 0. The molecule has 0 spiro atoms. The van der Waals surface area contributed by atoms with Crippen LogP contribution in [0.2, 0.25) is 0 Å². The van der Waals surface area contributed by atoms with E-state index in [2.05, 4.69) is 0 Å². The fourth-order valence-electron chi connectivity index (χ4n) is 1.41. The molecule has 0 radical (unpaired) electrons. The maximum atomic E-state index is 13.8. The van der Waals surface area contributed by atoms with Crippen LogP contribution in [0.5, 0.6) is 5.75 Å². The highest BCUT2D eigenvalue weighted by Gasteiger charge is 2.20. The van der Waals surface area contributed by atoms with Gasteiger partial charge in [-0.05, 0) is 23.5 Å². The summed E-state index contributed by atoms with van der Waals surface area (Å²) in [5, 5.41) is 0. The van der Waals surface area contributed by atoms with Gasteiger partial charge in [-0.3, -0.25) is 0 Å². The molecule has 0 fully saturated rings. The lowest BCUT2D eigenvalue weighted by Crippen LogP contribution is -2.17. The molecule has 0 aromatic heterocycles. The summed E-state index contributed by atoms with van der Waals surface area (Å²) in [7, 11) is 1.47. The first-order valence-electron chi connectivity index (χ1n) is 4.87. The van der Waals surface area contributed by atoms with E-state index < -0.39 is 0 Å². The Balaban J connectivity index is 2.95. The summed E-state index contributed by atoms with van der Waals surface area (Å²) in [5.74, 6) is 0.514. The molecule has 1 rings (SSSR count). The standard InChI is InChI=1S/C12H16ClFO/c1-12(2,8-13)7-9-5-4-6-10(15-3)11(9)14/h4-6H,7-8H2,1-3H3. The van der Waals surface area contributed by atoms with Crippen molar-refractivity contribution in [3.63, 3.8) is 0 Å². The van der Waals surface area contributed by atoms with Crippen molar-refractivity contribution in [1.82, 2.24) is 0 Å². The molecule has 0 heterocycles. The molecule has 3 heteroatoms. The van der Waals surface area contributed by atoms with Crippen molar-refractivity contribution in [1.29, 1.82) is 0 Å². The van der Waals surface area contributed by atoms with Crippen LogP contribution in [-0.2, 0) is 6.42 Å². The van der Waals surface area contributed by atoms with Crippen LogP contribution in [-0.4, -0.2) is 13.0 Å². The summed E-state index contributed by atoms with van der Waals surface area (Å²) >= 11 is 5.82. The topological polar surface area (TPSA) is 9.23 Å². The second kappa shape index (κ2) is 4.84. The maximum absolute atomic E-state index is 13.8. The van der Waals surface area contributed by atoms with Gasteiger partial charge in [0.15, 0.2) is 11.6 Å². The number of halogens is 2. The molecule has 0 unspecified atom stereocenters. The molecule has 1 nitrogen and oxygen atoms in total. The summed E-state index contributed by atoms with van der Waals surface area (Å²) in [6, 6.07) is 5.18. The number of alkyl halides is 1. The quantitative estimate of drug-likeness (QED) is 0.718. The molecule has 0 aliphatic rings. The number of hydrogen-bond donors (Lipinski definition) is 0. The van der Waals surface area contributed by atoms with E-state index in [4.69, 9.17) is 16.3 Å². The highest BCUT2D eigenvalue weighted by molar-refractivity contribution is 6.18. The zero-order valence-corrected chi connectivity index (χ0v) is 10.1. The average molecular weight is 231 g/mol. The smallest absolute Gasteiger partial charge is 0.168 e. The number of hydrogen-bond acceptors (Lipinski definition) is 1. The molecule has 1 aromatic carbocycles. The summed E-state index contributed by atoms with van der Waals surface area (Å²) < 4.78 is 18.7. The normalized spacial score (nSPS) is 11.5. The first-order chi connectivity index (χ1) is 7.00. The lowest BCUT2D eigenvalue weighted by Gasteiger charge is -2.21. The van der Waals surface area contributed by atoms with Crippen molar-refractivity contribution in [3.8, 4) is 5.75 Å². The molecule has 0 saturated carbocycles. The Morgan fingerprint density at radius 3 is 2.60 bits per heavy atom. The highest BCUT2D eigenvalue weighted by atomic mass is 35.5. The van der Waals surface area contributed by atoms with Gasteiger partial charge >= 0.3 is 0 Å². The van der Waals surface area contributed by atoms with Gasteiger partial charge in [0.2, 0.25) is 0 Å².